The van der Waals surface area contributed by atoms with Gasteiger partial charge in [0.05, 0.1) is 0 Å². The van der Waals surface area contributed by atoms with Crippen LogP contribution in [0, 0.1) is 17.8 Å². The van der Waals surface area contributed by atoms with Gasteiger partial charge in [-0.05, 0) is 0 Å². The third-order valence-electron chi connectivity index (χ3n) is 3.80. The van der Waals surface area contributed by atoms with E-state index in [1.54, 1.807) is 19.3 Å². The Morgan fingerprint density at radius 3 is 2.69 bits per heavy atom. The van der Waals surface area contributed by atoms with Crippen LogP contribution in [0.25, 0.3) is 0 Å². The molecule has 0 radical (unpaired) electrons. The number of alkyl halides is 4. The Balaban J connectivity index is 2.01. The molecule has 0 N–H and O–H groups in total. The van der Waals surface area contributed by atoms with Crippen LogP contribution in [0.4, 0.5) is 0 Å². The molecule has 0 aromatic heterocycles. The fourth-order valence-electron chi connectivity index (χ4n) is 2.78. The molecule has 0 aromatic carbocycles. The fraction of sp³-hybridized carbons (Fsp3) is 1.00. The maximum atomic E-state index is 2.53. The van der Waals surface area contributed by atoms with E-state index >= 15 is 0 Å². The molecular weight excluding hydrogens is 386 g/mol. The number of hydrogen-bond acceptors (Lipinski definition) is 0. The zero-order valence-corrected chi connectivity index (χ0v) is 13.1. The van der Waals surface area contributed by atoms with E-state index in [9.17, 15) is 0 Å². The van der Waals surface area contributed by atoms with Gasteiger partial charge in [-0.25, -0.2) is 0 Å². The maximum absolute atomic E-state index is 2.53. The summed E-state index contributed by atoms with van der Waals surface area (Å²) in [6, 6.07) is 0. The number of hydrogen-bond donors (Lipinski definition) is 0. The van der Waals surface area contributed by atoms with Crippen LogP contribution < -0.4 is 42.4 Å². The molecule has 0 nitrogen and oxygen atoms in total. The average Bonchev–Trinajstić information content (AvgIpc) is 2.43. The SMILES string of the molecule is C[I-]C1CCC2CC(C)C(C)C2[I-]1. The summed E-state index contributed by atoms with van der Waals surface area (Å²) < 4.78 is 2.51. The van der Waals surface area contributed by atoms with E-state index in [0.29, 0.717) is 42.4 Å². The first-order chi connectivity index (χ1) is 6.22. The van der Waals surface area contributed by atoms with Crippen molar-refractivity contribution < 1.29 is 42.4 Å². The van der Waals surface area contributed by atoms with Crippen LogP contribution in [0.5, 0.6) is 0 Å². The van der Waals surface area contributed by atoms with E-state index in [2.05, 4.69) is 18.8 Å². The average molecular weight is 406 g/mol. The third kappa shape index (κ3) is 2.18. The van der Waals surface area contributed by atoms with Gasteiger partial charge in [-0.3, -0.25) is 0 Å². The quantitative estimate of drug-likeness (QED) is 0.315. The Labute approximate surface area is 103 Å². The van der Waals surface area contributed by atoms with E-state index < -0.39 is 0 Å². The second-order valence-corrected chi connectivity index (χ2v) is 13.4. The molecule has 5 atom stereocenters. The molecule has 2 fully saturated rings. The zero-order chi connectivity index (χ0) is 9.42. The molecule has 0 amide bonds. The van der Waals surface area contributed by atoms with Crippen molar-refractivity contribution in [3.63, 3.8) is 0 Å². The minimum absolute atomic E-state index is 0.576. The summed E-state index contributed by atoms with van der Waals surface area (Å²) >= 11 is 1.16. The summed E-state index contributed by atoms with van der Waals surface area (Å²) in [6.07, 6.45) is 4.79. The first-order valence-corrected chi connectivity index (χ1v) is 11.2. The second kappa shape index (κ2) is 4.54. The van der Waals surface area contributed by atoms with Crippen molar-refractivity contribution in [3.8, 4) is 0 Å². The first kappa shape index (κ1) is 11.0. The Morgan fingerprint density at radius 2 is 2.00 bits per heavy atom. The first-order valence-electron chi connectivity index (χ1n) is 5.32. The van der Waals surface area contributed by atoms with Gasteiger partial charge in [0, 0.05) is 0 Å². The van der Waals surface area contributed by atoms with Crippen LogP contribution >= 0.6 is 0 Å². The molecule has 2 heteroatoms. The van der Waals surface area contributed by atoms with Gasteiger partial charge in [0.25, 0.3) is 0 Å². The van der Waals surface area contributed by atoms with Gasteiger partial charge >= 0.3 is 104 Å². The number of halogens is 2. The minimum atomic E-state index is 0.576. The van der Waals surface area contributed by atoms with Gasteiger partial charge in [-0.2, -0.15) is 0 Å². The van der Waals surface area contributed by atoms with Crippen LogP contribution in [-0.2, 0) is 0 Å². The Morgan fingerprint density at radius 1 is 1.23 bits per heavy atom. The third-order valence-corrected chi connectivity index (χ3v) is 15.1. The van der Waals surface area contributed by atoms with Gasteiger partial charge in [0.2, 0.25) is 0 Å². The van der Waals surface area contributed by atoms with E-state index in [4.69, 9.17) is 0 Å². The molecule has 13 heavy (non-hydrogen) atoms. The van der Waals surface area contributed by atoms with Gasteiger partial charge in [-0.1, -0.05) is 0 Å². The molecule has 1 saturated heterocycles. The molecule has 0 aromatic rings. The predicted molar refractivity (Wildman–Crippen MR) is 49.2 cm³/mol. The number of fused-ring (bicyclic) bond motifs is 1. The summed E-state index contributed by atoms with van der Waals surface area (Å²) in [6.45, 7) is 5.02. The zero-order valence-electron chi connectivity index (χ0n) is 8.76. The standard InChI is InChI=1S/C11H20I2/c1-7-6-9-4-5-10(12-3)13-11(9)8(7)2/h7-11H,4-6H2,1-3H3/q-2. The summed E-state index contributed by atoms with van der Waals surface area (Å²) in [4.78, 5) is 2.51. The molecule has 80 valence electrons. The van der Waals surface area contributed by atoms with Crippen LogP contribution in [0.15, 0.2) is 0 Å². The molecule has 0 spiro atoms. The molecule has 1 saturated carbocycles. The molecule has 2 rings (SSSR count). The van der Waals surface area contributed by atoms with Crippen molar-refractivity contribution >= 4 is 0 Å². The second-order valence-electron chi connectivity index (χ2n) is 4.59. The van der Waals surface area contributed by atoms with Gasteiger partial charge in [0.15, 0.2) is 0 Å². The predicted octanol–water partition coefficient (Wildman–Crippen LogP) is -3.43. The van der Waals surface area contributed by atoms with Crippen LogP contribution in [0.1, 0.15) is 33.1 Å². The monoisotopic (exact) mass is 406 g/mol. The van der Waals surface area contributed by atoms with Crippen molar-refractivity contribution in [2.45, 2.75) is 39.0 Å². The van der Waals surface area contributed by atoms with Crippen molar-refractivity contribution in [1.82, 2.24) is 0 Å². The van der Waals surface area contributed by atoms with Gasteiger partial charge in [0.1, 0.15) is 0 Å². The fourth-order valence-corrected chi connectivity index (χ4v) is 12.2. The van der Waals surface area contributed by atoms with Crippen LogP contribution in [0.3, 0.4) is 0 Å². The van der Waals surface area contributed by atoms with E-state index in [0.717, 1.165) is 11.8 Å². The Hall–Kier alpha value is 1.46. The topological polar surface area (TPSA) is 0 Å². The normalized spacial score (nSPS) is 51.5. The van der Waals surface area contributed by atoms with Crippen molar-refractivity contribution in [2.24, 2.45) is 17.8 Å². The molecular formula is C11H20I2-2. The van der Waals surface area contributed by atoms with E-state index in [1.165, 1.54) is 11.8 Å². The molecule has 2 aliphatic rings. The summed E-state index contributed by atoms with van der Waals surface area (Å²) in [5.74, 6) is 3.30. The summed E-state index contributed by atoms with van der Waals surface area (Å²) in [7, 11) is 0. The molecule has 1 aliphatic heterocycles. The van der Waals surface area contributed by atoms with Gasteiger partial charge in [-0.15, -0.1) is 0 Å². The molecule has 0 bridgehead atoms. The van der Waals surface area contributed by atoms with Crippen molar-refractivity contribution in [3.05, 3.63) is 0 Å². The molecule has 1 heterocycles. The summed E-state index contributed by atoms with van der Waals surface area (Å²) in [5, 5.41) is 0. The molecule has 1 aliphatic carbocycles. The van der Waals surface area contributed by atoms with Crippen molar-refractivity contribution in [1.29, 1.82) is 0 Å². The van der Waals surface area contributed by atoms with Crippen LogP contribution in [-0.4, -0.2) is 10.8 Å². The van der Waals surface area contributed by atoms with E-state index in [1.807, 2.05) is 0 Å². The van der Waals surface area contributed by atoms with Gasteiger partial charge < -0.3 is 0 Å². The molecule has 5 unspecified atom stereocenters. The Bertz CT molecular complexity index is 181. The van der Waals surface area contributed by atoms with Crippen LogP contribution in [0.2, 0.25) is 0 Å². The summed E-state index contributed by atoms with van der Waals surface area (Å²) in [5.41, 5.74) is 0. The van der Waals surface area contributed by atoms with E-state index in [-0.39, 0.29) is 0 Å². The number of rotatable bonds is 1. The van der Waals surface area contributed by atoms with Crippen molar-refractivity contribution in [2.75, 3.05) is 4.93 Å². The Kier molecular flexibility index (Phi) is 3.83.